The van der Waals surface area contributed by atoms with Crippen molar-refractivity contribution in [2.45, 2.75) is 32.4 Å². The number of rotatable bonds is 7. The summed E-state index contributed by atoms with van der Waals surface area (Å²) in [5.74, 6) is -0.410. The van der Waals surface area contributed by atoms with Crippen molar-refractivity contribution in [2.75, 3.05) is 63.8 Å². The first-order valence-electron chi connectivity index (χ1n) is 15.9. The minimum Gasteiger partial charge on any atom is -0.488 e. The lowest BCUT2D eigenvalue weighted by molar-refractivity contribution is 0.0303. The first-order valence-corrected chi connectivity index (χ1v) is 15.9. The largest absolute Gasteiger partial charge is 0.488 e. The Morgan fingerprint density at radius 2 is 1.59 bits per heavy atom. The van der Waals surface area contributed by atoms with Crippen molar-refractivity contribution in [1.29, 1.82) is 0 Å². The van der Waals surface area contributed by atoms with Gasteiger partial charge in [0.15, 0.2) is 0 Å². The fourth-order valence-electron chi connectivity index (χ4n) is 6.50. The minimum absolute atomic E-state index is 0. The molecule has 0 bridgehead atoms. The minimum atomic E-state index is -0.433. The number of hydrogen-bond acceptors (Lipinski definition) is 6. The second kappa shape index (κ2) is 14.8. The molecule has 46 heavy (non-hydrogen) atoms. The zero-order valence-corrected chi connectivity index (χ0v) is 27.1. The van der Waals surface area contributed by atoms with Gasteiger partial charge in [-0.2, -0.15) is 0 Å². The average Bonchev–Trinajstić information content (AvgIpc) is 3.58. The Bertz CT molecular complexity index is 1530. The molecule has 8 nitrogen and oxygen atoms in total. The van der Waals surface area contributed by atoms with Gasteiger partial charge in [-0.05, 0) is 73.0 Å². The predicted octanol–water partition coefficient (Wildman–Crippen LogP) is 4.83. The molecule has 0 radical (unpaired) electrons. The molecule has 3 saturated heterocycles. The van der Waals surface area contributed by atoms with Crippen LogP contribution in [0.4, 0.5) is 14.5 Å². The number of carbonyl (C=O) groups excluding carboxylic acids is 2. The molecule has 0 aromatic heterocycles. The molecule has 3 aliphatic heterocycles. The van der Waals surface area contributed by atoms with E-state index < -0.39 is 5.82 Å². The maximum Gasteiger partial charge on any atom is 0.254 e. The lowest BCUT2D eigenvalue weighted by Gasteiger charge is -2.43. The summed E-state index contributed by atoms with van der Waals surface area (Å²) < 4.78 is 34.8. The lowest BCUT2D eigenvalue weighted by atomic mass is 9.96. The van der Waals surface area contributed by atoms with Crippen molar-refractivity contribution in [3.8, 4) is 16.9 Å². The van der Waals surface area contributed by atoms with Crippen LogP contribution in [0, 0.1) is 17.6 Å². The van der Waals surface area contributed by atoms with Crippen molar-refractivity contribution in [3.05, 3.63) is 83.4 Å². The summed E-state index contributed by atoms with van der Waals surface area (Å²) in [4.78, 5) is 33.4. The third kappa shape index (κ3) is 7.45. The molecule has 0 saturated carbocycles. The van der Waals surface area contributed by atoms with Gasteiger partial charge in [0, 0.05) is 74.7 Å². The molecular weight excluding hydrogens is 612 g/mol. The Balaban J connectivity index is 0.00000417. The molecule has 2 amide bonds. The van der Waals surface area contributed by atoms with Crippen LogP contribution in [-0.2, 0) is 0 Å². The van der Waals surface area contributed by atoms with Gasteiger partial charge in [0.05, 0.1) is 6.04 Å². The maximum atomic E-state index is 14.7. The van der Waals surface area contributed by atoms with Gasteiger partial charge >= 0.3 is 0 Å². The average molecular weight is 654 g/mol. The Morgan fingerprint density at radius 3 is 2.28 bits per heavy atom. The van der Waals surface area contributed by atoms with Crippen LogP contribution in [0.1, 0.15) is 41.0 Å². The normalized spacial score (nSPS) is 20.1. The zero-order chi connectivity index (χ0) is 31.5. The van der Waals surface area contributed by atoms with Crippen LogP contribution in [0.25, 0.3) is 11.1 Å². The fraction of sp³-hybridized carbons (Fsp3) is 0.429. The van der Waals surface area contributed by atoms with E-state index in [0.717, 1.165) is 56.8 Å². The van der Waals surface area contributed by atoms with Gasteiger partial charge in [0.2, 0.25) is 0 Å². The number of ether oxygens (including phenoxy) is 1. The van der Waals surface area contributed by atoms with Crippen LogP contribution in [0.15, 0.2) is 60.7 Å². The van der Waals surface area contributed by atoms with Crippen LogP contribution in [0.5, 0.6) is 5.75 Å². The highest BCUT2D eigenvalue weighted by Gasteiger charge is 2.35. The highest BCUT2D eigenvalue weighted by atomic mass is 35.5. The third-order valence-electron chi connectivity index (χ3n) is 9.04. The van der Waals surface area contributed by atoms with E-state index in [0.29, 0.717) is 42.2 Å². The summed E-state index contributed by atoms with van der Waals surface area (Å²) >= 11 is 0. The highest BCUT2D eigenvalue weighted by Crippen LogP contribution is 2.34. The molecular formula is C35H42ClF2N5O3. The summed E-state index contributed by atoms with van der Waals surface area (Å²) in [5.41, 5.74) is 3.03. The van der Waals surface area contributed by atoms with Gasteiger partial charge in [0.25, 0.3) is 11.8 Å². The van der Waals surface area contributed by atoms with E-state index in [1.165, 1.54) is 24.3 Å². The van der Waals surface area contributed by atoms with Crippen LogP contribution in [0.2, 0.25) is 0 Å². The van der Waals surface area contributed by atoms with E-state index in [-0.39, 0.29) is 48.1 Å². The number of anilines is 1. The smallest absolute Gasteiger partial charge is 0.254 e. The van der Waals surface area contributed by atoms with Crippen molar-refractivity contribution in [2.24, 2.45) is 5.92 Å². The number of piperazine rings is 2. The predicted molar refractivity (Wildman–Crippen MR) is 178 cm³/mol. The summed E-state index contributed by atoms with van der Waals surface area (Å²) in [6.07, 6.45) is 0.905. The van der Waals surface area contributed by atoms with Gasteiger partial charge in [0.1, 0.15) is 23.5 Å². The molecule has 3 aromatic rings. The molecule has 3 aliphatic rings. The van der Waals surface area contributed by atoms with Gasteiger partial charge in [-0.25, -0.2) is 8.78 Å². The fourth-order valence-corrected chi connectivity index (χ4v) is 6.50. The van der Waals surface area contributed by atoms with Crippen LogP contribution >= 0.6 is 12.4 Å². The van der Waals surface area contributed by atoms with Gasteiger partial charge in [-0.15, -0.1) is 12.4 Å². The SMILES string of the molecule is CC(C)C1CN(C(=O)c2cc(F)cc(N3CCNCC3)c2)CCN1C(=O)c1ccc(O[C@H]2CCNC2)c(-c2ccc(F)cc2)c1.Cl. The first-order chi connectivity index (χ1) is 21.8. The molecule has 11 heteroatoms. The summed E-state index contributed by atoms with van der Waals surface area (Å²) in [6, 6.07) is 16.0. The van der Waals surface area contributed by atoms with Gasteiger partial charge < -0.3 is 30.1 Å². The van der Waals surface area contributed by atoms with E-state index >= 15 is 0 Å². The summed E-state index contributed by atoms with van der Waals surface area (Å²) in [6.45, 7) is 9.88. The molecule has 3 heterocycles. The summed E-state index contributed by atoms with van der Waals surface area (Å²) in [7, 11) is 0. The molecule has 2 N–H and O–H groups in total. The Hall–Kier alpha value is -3.73. The number of nitrogens with zero attached hydrogens (tertiary/aromatic N) is 3. The Morgan fingerprint density at radius 1 is 0.826 bits per heavy atom. The van der Waals surface area contributed by atoms with Gasteiger partial charge in [-0.3, -0.25) is 9.59 Å². The number of carbonyl (C=O) groups is 2. The van der Waals surface area contributed by atoms with Gasteiger partial charge in [-0.1, -0.05) is 26.0 Å². The molecule has 3 fully saturated rings. The molecule has 0 aliphatic carbocycles. The van der Waals surface area contributed by atoms with E-state index in [2.05, 4.69) is 15.5 Å². The number of amides is 2. The molecule has 6 rings (SSSR count). The highest BCUT2D eigenvalue weighted by molar-refractivity contribution is 5.98. The second-order valence-electron chi connectivity index (χ2n) is 12.4. The number of nitrogens with one attached hydrogen (secondary N) is 2. The Kier molecular flexibility index (Phi) is 10.8. The molecule has 2 atom stereocenters. The van der Waals surface area contributed by atoms with Crippen LogP contribution in [0.3, 0.4) is 0 Å². The van der Waals surface area contributed by atoms with Crippen molar-refractivity contribution >= 4 is 29.9 Å². The van der Waals surface area contributed by atoms with Crippen molar-refractivity contribution in [1.82, 2.24) is 20.4 Å². The van der Waals surface area contributed by atoms with Crippen molar-refractivity contribution < 1.29 is 23.1 Å². The van der Waals surface area contributed by atoms with E-state index in [1.54, 1.807) is 29.2 Å². The first kappa shape index (κ1) is 33.6. The molecule has 1 unspecified atom stereocenters. The molecule has 3 aromatic carbocycles. The topological polar surface area (TPSA) is 77.2 Å². The van der Waals surface area contributed by atoms with Crippen molar-refractivity contribution in [3.63, 3.8) is 0 Å². The quantitative estimate of drug-likeness (QED) is 0.381. The third-order valence-corrected chi connectivity index (χ3v) is 9.04. The summed E-state index contributed by atoms with van der Waals surface area (Å²) in [5, 5.41) is 6.60. The van der Waals surface area contributed by atoms with Crippen LogP contribution in [-0.4, -0.2) is 92.7 Å². The van der Waals surface area contributed by atoms with E-state index in [4.69, 9.17) is 4.74 Å². The number of hydrogen-bond donors (Lipinski definition) is 2. The van der Waals surface area contributed by atoms with E-state index in [9.17, 15) is 18.4 Å². The monoisotopic (exact) mass is 653 g/mol. The lowest BCUT2D eigenvalue weighted by Crippen LogP contribution is -2.58. The second-order valence-corrected chi connectivity index (χ2v) is 12.4. The van der Waals surface area contributed by atoms with Crippen LogP contribution < -0.4 is 20.3 Å². The Labute approximate surface area is 275 Å². The zero-order valence-electron chi connectivity index (χ0n) is 26.3. The standard InChI is InChI=1S/C35H41F2N5O3.ClH/c1-23(2)32-22-41(34(43)26-17-28(37)20-29(18-26)40-13-11-38-12-14-40)15-16-42(32)35(44)25-5-8-33(45-30-9-10-39-21-30)31(19-25)24-3-6-27(36)7-4-24;/h3-8,17-20,23,30,32,38-39H,9-16,21-22H2,1-2H3;1H/t30-,32?;/m0./s1. The molecule has 0 spiro atoms. The number of benzene rings is 3. The number of halogens is 3. The van der Waals surface area contributed by atoms with E-state index in [1.807, 2.05) is 30.9 Å². The maximum absolute atomic E-state index is 14.7. The molecule has 246 valence electrons.